The van der Waals surface area contributed by atoms with Crippen molar-refractivity contribution in [2.75, 3.05) is 19.8 Å². The summed E-state index contributed by atoms with van der Waals surface area (Å²) in [7, 11) is 0. The lowest BCUT2D eigenvalue weighted by Gasteiger charge is -2.46. The van der Waals surface area contributed by atoms with E-state index in [0.29, 0.717) is 53.6 Å². The Morgan fingerprint density at radius 3 is 0.518 bits per heavy atom. The van der Waals surface area contributed by atoms with Crippen molar-refractivity contribution in [2.24, 2.45) is 0 Å². The largest absolute Gasteiger partial charge is 0.374 e. The van der Waals surface area contributed by atoms with Gasteiger partial charge in [0.25, 0.3) is 0 Å². The molecular weight excluding hydrogens is 1770 g/mol. The van der Waals surface area contributed by atoms with Gasteiger partial charge in [0.1, 0.15) is 109 Å². The summed E-state index contributed by atoms with van der Waals surface area (Å²) >= 11 is 0. The first-order valence-electron chi connectivity index (χ1n) is 48.4. The highest BCUT2D eigenvalue weighted by Crippen LogP contribution is 2.39. The SMILES string of the molecule is c1ccc(COC[C@H]2O[C@@H](Cn3cc(-c4cc(-c5cn(C[C@@H]6O[C@H](COCc7ccccc7)[C@H](OCc7ccccc7)[C@H](OCc7ccccc7)[C@H]6OCc6ccccc6)nn5)cc(-c5cn(C[C@@H]6O[C@H](COCc7ccccc7)[C@H](OCc7ccccc7)[C@H](OCc7ccccc7)[C@H]6OCc6ccccc6)nn5)c4)nn3)[C@H](OCc3ccccc3)[C@@H](OCc3ccccc3)[C@H]2OCc2ccccc2)cc1. The van der Waals surface area contributed by atoms with Crippen molar-refractivity contribution in [3.8, 4) is 33.8 Å². The average molecular weight is 1890 g/mol. The standard InChI is InChI=1S/C117H117N9O15/c1-13-37-85(38-14-1)70-127-82-106-112(133-76-91-49-25-7-26-50-91)115(136-79-94-55-31-10-32-56-94)109(130-73-88-43-19-4-20-44-88)103(139-106)67-124-64-100(118-121-124)97-61-98(101-65-125(122-119-101)68-104-110(131-74-89-45-21-5-22-46-89)116(137-80-95-57-33-11-34-58-95)113(134-77-92-51-27-8-28-52-92)107(140-104)83-128-71-86-39-15-2-16-40-86)63-99(62-97)102-66-126(123-120-102)69-105-111(132-75-90-47-23-6-24-48-90)117(138-81-96-59-35-12-36-60-96)114(135-78-93-53-29-9-30-54-93)108(141-105)84-129-72-87-41-17-3-18-42-87/h1-66,103-117H,67-84H2/t103-,104-,105-,106+,107+,108+,109-,110-,111-,112-,113-,114-,115+,116+,117+/m0/s1. The molecule has 0 radical (unpaired) electrons. The molecule has 3 fully saturated rings. The quantitative estimate of drug-likeness (QED) is 0.0345. The lowest BCUT2D eigenvalue weighted by molar-refractivity contribution is -0.275. The zero-order valence-corrected chi connectivity index (χ0v) is 78.6. The van der Waals surface area contributed by atoms with Crippen LogP contribution < -0.4 is 0 Å². The van der Waals surface area contributed by atoms with Crippen LogP contribution in [0.15, 0.2) is 401 Å². The van der Waals surface area contributed by atoms with E-state index in [4.69, 9.17) is 102 Å². The van der Waals surface area contributed by atoms with Gasteiger partial charge in [-0.15, -0.1) is 15.3 Å². The van der Waals surface area contributed by atoms with Crippen molar-refractivity contribution in [3.63, 3.8) is 0 Å². The Morgan fingerprint density at radius 2 is 0.340 bits per heavy atom. The summed E-state index contributed by atoms with van der Waals surface area (Å²) in [6.07, 6.45) is -4.64. The summed E-state index contributed by atoms with van der Waals surface area (Å²) in [6, 6.07) is 128. The Morgan fingerprint density at radius 1 is 0.184 bits per heavy atom. The monoisotopic (exact) mass is 1890 g/mol. The summed E-state index contributed by atoms with van der Waals surface area (Å²) in [5.74, 6) is 0. The van der Waals surface area contributed by atoms with Crippen LogP contribution in [0.3, 0.4) is 0 Å². The normalized spacial score (nSPS) is 21.3. The molecule has 16 aromatic rings. The molecule has 0 bridgehead atoms. The first-order chi connectivity index (χ1) is 69.8. The predicted octanol–water partition coefficient (Wildman–Crippen LogP) is 19.7. The molecule has 0 amide bonds. The Kier molecular flexibility index (Phi) is 34.4. The van der Waals surface area contributed by atoms with Crippen molar-refractivity contribution in [1.29, 1.82) is 0 Å². The lowest BCUT2D eigenvalue weighted by atomic mass is 9.93. The number of hydrogen-bond donors (Lipinski definition) is 0. The molecule has 6 heterocycles. The van der Waals surface area contributed by atoms with Crippen LogP contribution in [0.25, 0.3) is 33.8 Å². The number of ether oxygens (including phenoxy) is 15. The number of hydrogen-bond acceptors (Lipinski definition) is 21. The van der Waals surface area contributed by atoms with Crippen LogP contribution in [0.4, 0.5) is 0 Å². The summed E-state index contributed by atoms with van der Waals surface area (Å²) in [6.45, 7) is 4.38. The minimum Gasteiger partial charge on any atom is -0.374 e. The van der Waals surface area contributed by atoms with E-state index in [2.05, 4.69) is 146 Å². The molecule has 141 heavy (non-hydrogen) atoms. The zero-order chi connectivity index (χ0) is 95.0. The van der Waals surface area contributed by atoms with Gasteiger partial charge in [0.15, 0.2) is 0 Å². The molecular formula is C117H117N9O15. The van der Waals surface area contributed by atoms with Gasteiger partial charge in [0.2, 0.25) is 0 Å². The molecule has 15 atom stereocenters. The van der Waals surface area contributed by atoms with E-state index in [1.54, 1.807) is 0 Å². The van der Waals surface area contributed by atoms with Crippen LogP contribution in [0.1, 0.15) is 66.8 Å². The average Bonchev–Trinajstić information content (AvgIpc) is 1.69. The van der Waals surface area contributed by atoms with Gasteiger partial charge in [0, 0.05) is 16.7 Å². The molecule has 0 N–H and O–H groups in total. The van der Waals surface area contributed by atoms with Crippen molar-refractivity contribution >= 4 is 0 Å². The summed E-state index contributed by atoms with van der Waals surface area (Å²) < 4.78 is 112. The topological polar surface area (TPSA) is 231 Å². The fourth-order valence-corrected chi connectivity index (χ4v) is 18.3. The maximum Gasteiger partial charge on any atom is 0.115 e. The van der Waals surface area contributed by atoms with Crippen molar-refractivity contribution in [1.82, 2.24) is 45.0 Å². The molecule has 720 valence electrons. The molecule has 3 saturated heterocycles. The molecule has 3 aliphatic heterocycles. The number of rotatable bonds is 48. The fraction of sp³-hybridized carbons (Fsp3) is 0.282. The van der Waals surface area contributed by atoms with Crippen LogP contribution in [-0.2, 0) is 170 Å². The fourth-order valence-electron chi connectivity index (χ4n) is 18.3. The third-order valence-corrected chi connectivity index (χ3v) is 25.5. The van der Waals surface area contributed by atoms with Gasteiger partial charge in [-0.2, -0.15) is 0 Å². The van der Waals surface area contributed by atoms with Gasteiger partial charge in [-0.3, -0.25) is 0 Å². The van der Waals surface area contributed by atoms with Crippen LogP contribution in [0, 0.1) is 0 Å². The van der Waals surface area contributed by atoms with E-state index in [9.17, 15) is 0 Å². The summed E-state index contributed by atoms with van der Waals surface area (Å²) in [5.41, 5.74) is 15.5. The van der Waals surface area contributed by atoms with Gasteiger partial charge >= 0.3 is 0 Å². The molecule has 3 aliphatic rings. The summed E-state index contributed by atoms with van der Waals surface area (Å²) in [4.78, 5) is 0. The Balaban J connectivity index is 0.690. The second-order valence-electron chi connectivity index (χ2n) is 35.8. The number of benzene rings is 13. The van der Waals surface area contributed by atoms with Gasteiger partial charge in [-0.05, 0) is 85.0 Å². The molecule has 0 unspecified atom stereocenters. The molecule has 3 aromatic heterocycles. The van der Waals surface area contributed by atoms with E-state index in [-0.39, 0.29) is 98.9 Å². The highest BCUT2D eigenvalue weighted by molar-refractivity contribution is 5.77. The molecule has 24 nitrogen and oxygen atoms in total. The third kappa shape index (κ3) is 27.3. The van der Waals surface area contributed by atoms with Crippen LogP contribution in [0.2, 0.25) is 0 Å². The molecule has 0 saturated carbocycles. The molecule has 24 heteroatoms. The first kappa shape index (κ1) is 96.5. The Hall–Kier alpha value is -13.3. The van der Waals surface area contributed by atoms with E-state index < -0.39 is 91.6 Å². The minimum atomic E-state index is -0.732. The predicted molar refractivity (Wildman–Crippen MR) is 533 cm³/mol. The maximum absolute atomic E-state index is 7.44. The molecule has 0 spiro atoms. The smallest absolute Gasteiger partial charge is 0.115 e. The van der Waals surface area contributed by atoms with Crippen molar-refractivity contribution < 1.29 is 71.1 Å². The van der Waals surface area contributed by atoms with Crippen molar-refractivity contribution in [3.05, 3.63) is 468 Å². The van der Waals surface area contributed by atoms with Crippen LogP contribution in [0.5, 0.6) is 0 Å². The van der Waals surface area contributed by atoms with Gasteiger partial charge in [-0.1, -0.05) is 380 Å². The van der Waals surface area contributed by atoms with Gasteiger partial charge < -0.3 is 71.1 Å². The Labute approximate surface area is 822 Å². The number of aromatic nitrogens is 9. The second kappa shape index (κ2) is 50.2. The Bertz CT molecular complexity index is 5710. The van der Waals surface area contributed by atoms with E-state index >= 15 is 0 Å². The number of nitrogens with zero attached hydrogens (tertiary/aromatic N) is 9. The maximum atomic E-state index is 7.44. The first-order valence-corrected chi connectivity index (χ1v) is 48.4. The molecule has 13 aromatic carbocycles. The van der Waals surface area contributed by atoms with Gasteiger partial charge in [-0.25, -0.2) is 14.0 Å². The minimum absolute atomic E-state index is 0.166. The highest BCUT2D eigenvalue weighted by atomic mass is 16.6. The summed E-state index contributed by atoms with van der Waals surface area (Å²) in [5, 5.41) is 30.1. The highest BCUT2D eigenvalue weighted by Gasteiger charge is 2.52. The third-order valence-electron chi connectivity index (χ3n) is 25.5. The van der Waals surface area contributed by atoms with Crippen LogP contribution >= 0.6 is 0 Å². The lowest BCUT2D eigenvalue weighted by Crippen LogP contribution is -2.62. The molecule has 0 aliphatic carbocycles. The molecule has 19 rings (SSSR count). The van der Waals surface area contributed by atoms with Crippen molar-refractivity contribution in [2.45, 2.75) is 190 Å². The second-order valence-corrected chi connectivity index (χ2v) is 35.8. The van der Waals surface area contributed by atoms with E-state index in [1.165, 1.54) is 0 Å². The van der Waals surface area contributed by atoms with E-state index in [1.807, 2.05) is 269 Å². The van der Waals surface area contributed by atoms with Gasteiger partial charge in [0.05, 0.1) is 137 Å². The van der Waals surface area contributed by atoms with E-state index in [0.717, 1.165) is 66.8 Å². The van der Waals surface area contributed by atoms with Crippen LogP contribution in [-0.4, -0.2) is 156 Å². The zero-order valence-electron chi connectivity index (χ0n) is 78.6.